The van der Waals surface area contributed by atoms with Crippen LogP contribution < -0.4 is 0 Å². The molecule has 0 fully saturated rings. The number of allylic oxidation sites excluding steroid dienone is 6. The molecule has 0 saturated heterocycles. The molecule has 0 radical (unpaired) electrons. The van der Waals surface area contributed by atoms with Gasteiger partial charge in [0.2, 0.25) is 0 Å². The number of hydrogen-bond donors (Lipinski definition) is 0. The van der Waals surface area contributed by atoms with Crippen molar-refractivity contribution < 1.29 is 28.6 Å². The lowest BCUT2D eigenvalue weighted by atomic mass is 10.0. The number of ether oxygens (including phenoxy) is 3. The maximum absolute atomic E-state index is 12.8. The van der Waals surface area contributed by atoms with Gasteiger partial charge >= 0.3 is 17.9 Å². The number of unbranched alkanes of at least 4 members (excludes halogenated alkanes) is 44. The fraction of sp³-hybridized carbons (Fsp3) is 0.868. The Morgan fingerprint density at radius 3 is 0.757 bits per heavy atom. The standard InChI is InChI=1S/C68H126O6/c1-4-7-10-13-16-19-21-23-25-26-27-28-29-30-31-32-33-34-35-36-37-38-39-40-41-42-43-45-46-49-52-55-58-61-67(70)73-64-65(63-72-66(69)60-57-54-51-48-18-15-12-9-6-3)74-68(71)62-59-56-53-50-47-44-24-22-20-17-14-11-8-5-2/h21,23,26-27,29-30,65H,4-20,22,24-25,28,31-64H2,1-3H3/b23-21-,27-26-,30-29-. The van der Waals surface area contributed by atoms with Crippen molar-refractivity contribution in [3.63, 3.8) is 0 Å². The highest BCUT2D eigenvalue weighted by Gasteiger charge is 2.19. The van der Waals surface area contributed by atoms with Gasteiger partial charge in [-0.25, -0.2) is 0 Å². The van der Waals surface area contributed by atoms with E-state index in [0.717, 1.165) is 70.6 Å². The van der Waals surface area contributed by atoms with Gasteiger partial charge in [0, 0.05) is 19.3 Å². The van der Waals surface area contributed by atoms with Gasteiger partial charge in [-0.2, -0.15) is 0 Å². The van der Waals surface area contributed by atoms with Gasteiger partial charge in [-0.15, -0.1) is 0 Å². The minimum Gasteiger partial charge on any atom is -0.462 e. The van der Waals surface area contributed by atoms with E-state index in [1.54, 1.807) is 0 Å². The van der Waals surface area contributed by atoms with E-state index in [9.17, 15) is 14.4 Å². The van der Waals surface area contributed by atoms with Crippen molar-refractivity contribution in [2.45, 2.75) is 367 Å². The Balaban J connectivity index is 4.00. The third-order valence-electron chi connectivity index (χ3n) is 14.9. The lowest BCUT2D eigenvalue weighted by Gasteiger charge is -2.18. The first-order chi connectivity index (χ1) is 36.5. The lowest BCUT2D eigenvalue weighted by Crippen LogP contribution is -2.30. The number of carbonyl (C=O) groups is 3. The molecular formula is C68H126O6. The van der Waals surface area contributed by atoms with Gasteiger partial charge in [-0.1, -0.05) is 320 Å². The Morgan fingerprint density at radius 1 is 0.270 bits per heavy atom. The Morgan fingerprint density at radius 2 is 0.486 bits per heavy atom. The first-order valence-electron chi connectivity index (χ1n) is 33.0. The third kappa shape index (κ3) is 60.5. The van der Waals surface area contributed by atoms with Crippen molar-refractivity contribution in [1.82, 2.24) is 0 Å². The zero-order valence-electron chi connectivity index (χ0n) is 49.9. The minimum atomic E-state index is -0.765. The van der Waals surface area contributed by atoms with Crippen LogP contribution in [0, 0.1) is 0 Å². The smallest absolute Gasteiger partial charge is 0.306 e. The predicted molar refractivity (Wildman–Crippen MR) is 321 cm³/mol. The molecule has 434 valence electrons. The Hall–Kier alpha value is -2.37. The molecule has 0 rings (SSSR count). The van der Waals surface area contributed by atoms with Crippen LogP contribution in [-0.4, -0.2) is 37.2 Å². The summed E-state index contributed by atoms with van der Waals surface area (Å²) >= 11 is 0. The van der Waals surface area contributed by atoms with Crippen molar-refractivity contribution in [2.75, 3.05) is 13.2 Å². The summed E-state index contributed by atoms with van der Waals surface area (Å²) in [6.45, 7) is 6.66. The minimum absolute atomic E-state index is 0.0653. The summed E-state index contributed by atoms with van der Waals surface area (Å²) in [6.07, 6.45) is 77.5. The molecule has 0 aromatic carbocycles. The van der Waals surface area contributed by atoms with Gasteiger partial charge in [0.05, 0.1) is 0 Å². The predicted octanol–water partition coefficient (Wildman–Crippen LogP) is 22.4. The summed E-state index contributed by atoms with van der Waals surface area (Å²) in [7, 11) is 0. The van der Waals surface area contributed by atoms with Gasteiger partial charge in [0.25, 0.3) is 0 Å². The molecule has 0 aliphatic heterocycles. The van der Waals surface area contributed by atoms with E-state index in [-0.39, 0.29) is 31.1 Å². The van der Waals surface area contributed by atoms with Crippen molar-refractivity contribution in [2.24, 2.45) is 0 Å². The maximum Gasteiger partial charge on any atom is 0.306 e. The Kier molecular flexibility index (Phi) is 61.1. The van der Waals surface area contributed by atoms with Crippen LogP contribution in [0.2, 0.25) is 0 Å². The van der Waals surface area contributed by atoms with E-state index in [0.29, 0.717) is 19.3 Å². The zero-order chi connectivity index (χ0) is 53.6. The molecule has 0 saturated carbocycles. The summed E-state index contributed by atoms with van der Waals surface area (Å²) in [5, 5.41) is 0. The Labute approximate surface area is 461 Å². The molecule has 0 aliphatic carbocycles. The van der Waals surface area contributed by atoms with Crippen LogP contribution in [0.25, 0.3) is 0 Å². The van der Waals surface area contributed by atoms with Gasteiger partial charge in [-0.05, 0) is 57.8 Å². The fourth-order valence-corrected chi connectivity index (χ4v) is 9.92. The number of carbonyl (C=O) groups excluding carboxylic acids is 3. The molecule has 0 N–H and O–H groups in total. The van der Waals surface area contributed by atoms with Gasteiger partial charge < -0.3 is 14.2 Å². The molecule has 0 aromatic rings. The van der Waals surface area contributed by atoms with Crippen LogP contribution in [0.4, 0.5) is 0 Å². The molecule has 6 nitrogen and oxygen atoms in total. The molecule has 6 heteroatoms. The van der Waals surface area contributed by atoms with E-state index < -0.39 is 6.10 Å². The molecule has 74 heavy (non-hydrogen) atoms. The molecule has 0 amide bonds. The molecule has 1 atom stereocenters. The highest BCUT2D eigenvalue weighted by atomic mass is 16.6. The fourth-order valence-electron chi connectivity index (χ4n) is 9.92. The van der Waals surface area contributed by atoms with Crippen LogP contribution in [0.1, 0.15) is 361 Å². The lowest BCUT2D eigenvalue weighted by molar-refractivity contribution is -0.167. The SMILES string of the molecule is CCCCCCC/C=C\C/C=C\C/C=C\CCCCCCCCCCCCCCCCCCCCC(=O)OCC(COC(=O)CCCCCCCCCCC)OC(=O)CCCCCCCCCCCCCCCC. The van der Waals surface area contributed by atoms with Crippen molar-refractivity contribution in [1.29, 1.82) is 0 Å². The maximum atomic E-state index is 12.8. The summed E-state index contributed by atoms with van der Waals surface area (Å²) in [5.41, 5.74) is 0. The second-order valence-electron chi connectivity index (χ2n) is 22.4. The average molecular weight is 1040 g/mol. The molecule has 0 aromatic heterocycles. The summed E-state index contributed by atoms with van der Waals surface area (Å²) in [4.78, 5) is 38.1. The summed E-state index contributed by atoms with van der Waals surface area (Å²) in [5.74, 6) is -0.844. The third-order valence-corrected chi connectivity index (χ3v) is 14.9. The van der Waals surface area contributed by atoms with Crippen molar-refractivity contribution >= 4 is 17.9 Å². The Bertz CT molecular complexity index is 1240. The zero-order valence-corrected chi connectivity index (χ0v) is 49.9. The summed E-state index contributed by atoms with van der Waals surface area (Å²) in [6, 6.07) is 0. The van der Waals surface area contributed by atoms with Crippen LogP contribution >= 0.6 is 0 Å². The normalized spacial score (nSPS) is 12.2. The van der Waals surface area contributed by atoms with E-state index in [1.807, 2.05) is 0 Å². The molecule has 0 aliphatic rings. The van der Waals surface area contributed by atoms with Gasteiger partial charge in [0.15, 0.2) is 6.10 Å². The molecule has 1 unspecified atom stereocenters. The molecular weight excluding hydrogens is 913 g/mol. The van der Waals surface area contributed by atoms with E-state index in [1.165, 1.54) is 250 Å². The van der Waals surface area contributed by atoms with Crippen LogP contribution in [-0.2, 0) is 28.6 Å². The monoisotopic (exact) mass is 1040 g/mol. The van der Waals surface area contributed by atoms with Crippen molar-refractivity contribution in [3.8, 4) is 0 Å². The van der Waals surface area contributed by atoms with Crippen LogP contribution in [0.3, 0.4) is 0 Å². The van der Waals surface area contributed by atoms with Gasteiger partial charge in [-0.3, -0.25) is 14.4 Å². The second kappa shape index (κ2) is 63.2. The van der Waals surface area contributed by atoms with Crippen LogP contribution in [0.15, 0.2) is 36.5 Å². The topological polar surface area (TPSA) is 78.9 Å². The first kappa shape index (κ1) is 71.6. The molecule has 0 bridgehead atoms. The van der Waals surface area contributed by atoms with E-state index >= 15 is 0 Å². The van der Waals surface area contributed by atoms with E-state index in [2.05, 4.69) is 57.2 Å². The van der Waals surface area contributed by atoms with E-state index in [4.69, 9.17) is 14.2 Å². The largest absolute Gasteiger partial charge is 0.462 e. The highest BCUT2D eigenvalue weighted by molar-refractivity contribution is 5.71. The number of esters is 3. The number of rotatable bonds is 61. The molecule has 0 heterocycles. The van der Waals surface area contributed by atoms with Crippen molar-refractivity contribution in [3.05, 3.63) is 36.5 Å². The first-order valence-corrected chi connectivity index (χ1v) is 33.0. The van der Waals surface area contributed by atoms with Gasteiger partial charge in [0.1, 0.15) is 13.2 Å². The summed E-state index contributed by atoms with van der Waals surface area (Å²) < 4.78 is 16.9. The highest BCUT2D eigenvalue weighted by Crippen LogP contribution is 2.18. The average Bonchev–Trinajstić information content (AvgIpc) is 3.40. The number of hydrogen-bond acceptors (Lipinski definition) is 6. The molecule has 0 spiro atoms. The quantitative estimate of drug-likeness (QED) is 0.0261. The van der Waals surface area contributed by atoms with Crippen LogP contribution in [0.5, 0.6) is 0 Å². The second-order valence-corrected chi connectivity index (χ2v) is 22.4.